The molecule has 1 atom stereocenters. The second-order valence-electron chi connectivity index (χ2n) is 4.55. The van der Waals surface area contributed by atoms with Crippen LogP contribution in [0.1, 0.15) is 23.7 Å². The van der Waals surface area contributed by atoms with Gasteiger partial charge in [0.1, 0.15) is 0 Å². The average molecular weight is 252 g/mol. The van der Waals surface area contributed by atoms with Crippen LogP contribution in [0, 0.1) is 0 Å². The van der Waals surface area contributed by atoms with Crippen molar-refractivity contribution >= 4 is 11.6 Å². The van der Waals surface area contributed by atoms with Crippen LogP contribution in [0.2, 0.25) is 0 Å². The molecule has 1 amide bonds. The van der Waals surface area contributed by atoms with E-state index in [-0.39, 0.29) is 12.5 Å². The summed E-state index contributed by atoms with van der Waals surface area (Å²) in [5.41, 5.74) is 5.64. The Hall–Kier alpha value is -1.59. The van der Waals surface area contributed by atoms with Gasteiger partial charge < -0.3 is 20.9 Å². The summed E-state index contributed by atoms with van der Waals surface area (Å²) in [7, 11) is 1.57. The van der Waals surface area contributed by atoms with Crippen molar-refractivity contribution in [3.05, 3.63) is 29.8 Å². The van der Waals surface area contributed by atoms with Crippen LogP contribution in [0.15, 0.2) is 24.3 Å². The molecule has 0 fully saturated rings. The molecular formula is C13H20N2O3. The minimum absolute atomic E-state index is 0.171. The average Bonchev–Trinajstić information content (AvgIpc) is 2.34. The molecule has 0 aromatic heterocycles. The van der Waals surface area contributed by atoms with Crippen molar-refractivity contribution in [3.8, 4) is 0 Å². The fourth-order valence-corrected chi connectivity index (χ4v) is 1.46. The maximum atomic E-state index is 11.8. The second kappa shape index (κ2) is 6.37. The summed E-state index contributed by atoms with van der Waals surface area (Å²) in [6.45, 7) is 2.27. The first kappa shape index (κ1) is 14.5. The number of hydrogen-bond acceptors (Lipinski definition) is 4. The lowest BCUT2D eigenvalue weighted by Crippen LogP contribution is -2.41. The Bertz CT molecular complexity index is 405. The van der Waals surface area contributed by atoms with Gasteiger partial charge in [-0.15, -0.1) is 0 Å². The van der Waals surface area contributed by atoms with E-state index in [1.165, 1.54) is 0 Å². The van der Waals surface area contributed by atoms with Crippen LogP contribution < -0.4 is 11.1 Å². The molecule has 4 N–H and O–H groups in total. The molecule has 1 aromatic rings. The van der Waals surface area contributed by atoms with Crippen molar-refractivity contribution < 1.29 is 14.6 Å². The van der Waals surface area contributed by atoms with Crippen molar-refractivity contribution in [2.45, 2.75) is 18.9 Å². The van der Waals surface area contributed by atoms with Gasteiger partial charge in [0, 0.05) is 37.9 Å². The van der Waals surface area contributed by atoms with E-state index < -0.39 is 5.60 Å². The van der Waals surface area contributed by atoms with Gasteiger partial charge in [-0.3, -0.25) is 4.79 Å². The minimum Gasteiger partial charge on any atom is -0.399 e. The molecule has 0 aliphatic rings. The van der Waals surface area contributed by atoms with Crippen molar-refractivity contribution in [2.75, 3.05) is 26.0 Å². The monoisotopic (exact) mass is 252 g/mol. The normalized spacial score (nSPS) is 13.9. The fraction of sp³-hybridized carbons (Fsp3) is 0.462. The number of ether oxygens (including phenoxy) is 1. The van der Waals surface area contributed by atoms with E-state index in [0.29, 0.717) is 24.3 Å². The van der Waals surface area contributed by atoms with Crippen LogP contribution in [0.3, 0.4) is 0 Å². The molecule has 0 spiro atoms. The van der Waals surface area contributed by atoms with Crippen molar-refractivity contribution in [1.82, 2.24) is 5.32 Å². The number of rotatable bonds is 6. The van der Waals surface area contributed by atoms with Gasteiger partial charge in [-0.1, -0.05) is 6.07 Å². The number of nitrogen functional groups attached to an aromatic ring is 1. The highest BCUT2D eigenvalue weighted by atomic mass is 16.5. The lowest BCUT2D eigenvalue weighted by molar-refractivity contribution is 0.0243. The van der Waals surface area contributed by atoms with Gasteiger partial charge in [-0.2, -0.15) is 0 Å². The van der Waals surface area contributed by atoms with Gasteiger partial charge >= 0.3 is 0 Å². The summed E-state index contributed by atoms with van der Waals surface area (Å²) in [6, 6.07) is 6.70. The molecule has 1 rings (SSSR count). The number of carbonyl (C=O) groups excluding carboxylic acids is 1. The first-order valence-corrected chi connectivity index (χ1v) is 5.80. The number of nitrogens with one attached hydrogen (secondary N) is 1. The van der Waals surface area contributed by atoms with E-state index >= 15 is 0 Å². The lowest BCUT2D eigenvalue weighted by atomic mass is 10.0. The number of anilines is 1. The number of methoxy groups -OCH3 is 1. The summed E-state index contributed by atoms with van der Waals surface area (Å²) < 4.78 is 4.90. The fourth-order valence-electron chi connectivity index (χ4n) is 1.46. The minimum atomic E-state index is -0.980. The quantitative estimate of drug-likeness (QED) is 0.653. The van der Waals surface area contributed by atoms with E-state index in [9.17, 15) is 9.90 Å². The van der Waals surface area contributed by atoms with E-state index in [4.69, 9.17) is 10.5 Å². The highest BCUT2D eigenvalue weighted by Crippen LogP contribution is 2.09. The largest absolute Gasteiger partial charge is 0.399 e. The zero-order valence-corrected chi connectivity index (χ0v) is 10.8. The van der Waals surface area contributed by atoms with Crippen LogP contribution in [0.5, 0.6) is 0 Å². The van der Waals surface area contributed by atoms with Gasteiger partial charge in [-0.05, 0) is 25.1 Å². The molecule has 0 aliphatic heterocycles. The number of benzene rings is 1. The van der Waals surface area contributed by atoms with Gasteiger partial charge in [0.2, 0.25) is 0 Å². The van der Waals surface area contributed by atoms with E-state index in [0.717, 1.165) is 0 Å². The van der Waals surface area contributed by atoms with Crippen LogP contribution >= 0.6 is 0 Å². The molecule has 0 saturated carbocycles. The van der Waals surface area contributed by atoms with Gasteiger partial charge in [0.05, 0.1) is 5.60 Å². The number of hydrogen-bond donors (Lipinski definition) is 3. The maximum absolute atomic E-state index is 11.8. The first-order valence-electron chi connectivity index (χ1n) is 5.80. The van der Waals surface area contributed by atoms with Gasteiger partial charge in [0.25, 0.3) is 5.91 Å². The van der Waals surface area contributed by atoms with E-state index in [1.807, 2.05) is 0 Å². The Kier molecular flexibility index (Phi) is 5.12. The Labute approximate surface area is 107 Å². The maximum Gasteiger partial charge on any atom is 0.251 e. The second-order valence-corrected chi connectivity index (χ2v) is 4.55. The Morgan fingerprint density at radius 2 is 2.28 bits per heavy atom. The third-order valence-corrected chi connectivity index (χ3v) is 2.62. The Morgan fingerprint density at radius 3 is 2.89 bits per heavy atom. The topological polar surface area (TPSA) is 84.6 Å². The smallest absolute Gasteiger partial charge is 0.251 e. The zero-order valence-electron chi connectivity index (χ0n) is 10.8. The molecule has 0 bridgehead atoms. The predicted octanol–water partition coefficient (Wildman–Crippen LogP) is 0.786. The molecule has 1 aromatic carbocycles. The highest BCUT2D eigenvalue weighted by Gasteiger charge is 2.21. The van der Waals surface area contributed by atoms with Crippen LogP contribution in [-0.4, -0.2) is 36.9 Å². The third-order valence-electron chi connectivity index (χ3n) is 2.62. The zero-order chi connectivity index (χ0) is 13.6. The number of amides is 1. The molecule has 18 heavy (non-hydrogen) atoms. The lowest BCUT2D eigenvalue weighted by Gasteiger charge is -2.23. The molecule has 5 nitrogen and oxygen atoms in total. The summed E-state index contributed by atoms with van der Waals surface area (Å²) in [4.78, 5) is 11.8. The van der Waals surface area contributed by atoms with Crippen molar-refractivity contribution in [3.63, 3.8) is 0 Å². The molecular weight excluding hydrogens is 232 g/mol. The molecule has 100 valence electrons. The van der Waals surface area contributed by atoms with E-state index in [1.54, 1.807) is 38.3 Å². The van der Waals surface area contributed by atoms with Crippen LogP contribution in [-0.2, 0) is 4.74 Å². The number of nitrogens with two attached hydrogens (primary N) is 1. The first-order chi connectivity index (χ1) is 8.44. The van der Waals surface area contributed by atoms with Crippen molar-refractivity contribution in [2.24, 2.45) is 0 Å². The highest BCUT2D eigenvalue weighted by molar-refractivity contribution is 5.95. The predicted molar refractivity (Wildman–Crippen MR) is 70.3 cm³/mol. The van der Waals surface area contributed by atoms with Crippen LogP contribution in [0.4, 0.5) is 5.69 Å². The van der Waals surface area contributed by atoms with E-state index in [2.05, 4.69) is 5.32 Å². The summed E-state index contributed by atoms with van der Waals surface area (Å²) in [5.74, 6) is -0.250. The van der Waals surface area contributed by atoms with Crippen molar-refractivity contribution in [1.29, 1.82) is 0 Å². The summed E-state index contributed by atoms with van der Waals surface area (Å²) >= 11 is 0. The molecule has 0 aliphatic carbocycles. The SMILES string of the molecule is COCCC(C)(O)CNC(=O)c1cccc(N)c1. The number of carbonyl (C=O) groups is 1. The summed E-state index contributed by atoms with van der Waals surface area (Å²) in [5, 5.41) is 12.7. The molecule has 0 heterocycles. The summed E-state index contributed by atoms with van der Waals surface area (Å²) in [6.07, 6.45) is 0.459. The van der Waals surface area contributed by atoms with Gasteiger partial charge in [-0.25, -0.2) is 0 Å². The Morgan fingerprint density at radius 1 is 1.56 bits per heavy atom. The Balaban J connectivity index is 2.50. The molecule has 0 saturated heterocycles. The molecule has 1 unspecified atom stereocenters. The number of aliphatic hydroxyl groups is 1. The molecule has 0 radical (unpaired) electrons. The van der Waals surface area contributed by atoms with Gasteiger partial charge in [0.15, 0.2) is 0 Å². The molecule has 5 heteroatoms. The third kappa shape index (κ3) is 4.73. The van der Waals surface area contributed by atoms with Crippen LogP contribution in [0.25, 0.3) is 0 Å². The standard InChI is InChI=1S/C13H20N2O3/c1-13(17,6-7-18-2)9-15-12(16)10-4-3-5-11(14)8-10/h3-5,8,17H,6-7,9,14H2,1-2H3,(H,15,16).